The van der Waals surface area contributed by atoms with Gasteiger partial charge in [-0.1, -0.05) is 66.5 Å². The number of carbonyl (C=O) groups is 2. The van der Waals surface area contributed by atoms with Gasteiger partial charge in [0.2, 0.25) is 5.91 Å². The van der Waals surface area contributed by atoms with Crippen LogP contribution < -0.4 is 10.1 Å². The lowest BCUT2D eigenvalue weighted by atomic mass is 10.1. The van der Waals surface area contributed by atoms with E-state index < -0.39 is 6.04 Å². The van der Waals surface area contributed by atoms with Crippen molar-refractivity contribution >= 4 is 27.7 Å². The largest absolute Gasteiger partial charge is 0.484 e. The average molecular weight is 489 g/mol. The van der Waals surface area contributed by atoms with Gasteiger partial charge in [0, 0.05) is 17.6 Å². The van der Waals surface area contributed by atoms with Crippen molar-refractivity contribution in [1.82, 2.24) is 10.2 Å². The summed E-state index contributed by atoms with van der Waals surface area (Å²) in [5.41, 5.74) is 3.16. The van der Waals surface area contributed by atoms with Crippen molar-refractivity contribution < 1.29 is 14.3 Å². The molecule has 0 aliphatic carbocycles. The first kappa shape index (κ1) is 24.9. The highest BCUT2D eigenvalue weighted by atomic mass is 79.9. The van der Waals surface area contributed by atoms with Gasteiger partial charge in [0.15, 0.2) is 6.61 Å². The predicted octanol–water partition coefficient (Wildman–Crippen LogP) is 5.02. The Morgan fingerprint density at radius 2 is 1.77 bits per heavy atom. The van der Waals surface area contributed by atoms with Crippen LogP contribution in [0.5, 0.6) is 5.75 Å². The molecule has 0 aliphatic heterocycles. The highest BCUT2D eigenvalue weighted by Crippen LogP contribution is 2.22. The zero-order valence-electron chi connectivity index (χ0n) is 19.1. The van der Waals surface area contributed by atoms with E-state index in [1.807, 2.05) is 77.1 Å². The zero-order chi connectivity index (χ0) is 23.0. The Labute approximate surface area is 194 Å². The summed E-state index contributed by atoms with van der Waals surface area (Å²) in [7, 11) is 0. The molecule has 0 heterocycles. The summed E-state index contributed by atoms with van der Waals surface area (Å²) < 4.78 is 6.76. The maximum Gasteiger partial charge on any atom is 0.261 e. The van der Waals surface area contributed by atoms with E-state index in [1.54, 1.807) is 4.90 Å². The molecule has 2 aromatic carbocycles. The standard InChI is InChI=1S/C25H33BrN2O3/c1-6-23(25(30)27-14-17(2)3)28(15-20-9-7-18(4)8-10-20)24(29)16-31-21-11-12-22(26)19(5)13-21/h7-13,17,23H,6,14-16H2,1-5H3,(H,27,30). The third kappa shape index (κ3) is 7.69. The molecule has 5 nitrogen and oxygen atoms in total. The molecule has 0 bridgehead atoms. The third-order valence-corrected chi connectivity index (χ3v) is 5.93. The lowest BCUT2D eigenvalue weighted by Gasteiger charge is -2.31. The number of aryl methyl sites for hydroxylation is 2. The Morgan fingerprint density at radius 3 is 2.35 bits per heavy atom. The Hall–Kier alpha value is -2.34. The van der Waals surface area contributed by atoms with Gasteiger partial charge < -0.3 is 15.0 Å². The summed E-state index contributed by atoms with van der Waals surface area (Å²) in [5, 5.41) is 2.97. The summed E-state index contributed by atoms with van der Waals surface area (Å²) in [6.45, 7) is 10.8. The number of carbonyl (C=O) groups excluding carboxylic acids is 2. The fourth-order valence-corrected chi connectivity index (χ4v) is 3.41. The summed E-state index contributed by atoms with van der Waals surface area (Å²) in [5.74, 6) is 0.622. The normalized spacial score (nSPS) is 11.8. The molecule has 0 aromatic heterocycles. The second-order valence-corrected chi connectivity index (χ2v) is 9.12. The van der Waals surface area contributed by atoms with Crippen LogP contribution in [0.1, 0.15) is 43.9 Å². The number of amides is 2. The molecule has 2 amide bonds. The van der Waals surface area contributed by atoms with Crippen molar-refractivity contribution in [2.45, 2.75) is 53.6 Å². The van der Waals surface area contributed by atoms with Gasteiger partial charge in [-0.25, -0.2) is 0 Å². The second kappa shape index (κ2) is 11.9. The van der Waals surface area contributed by atoms with E-state index in [-0.39, 0.29) is 18.4 Å². The molecule has 168 valence electrons. The van der Waals surface area contributed by atoms with Crippen LogP contribution in [0.25, 0.3) is 0 Å². The van der Waals surface area contributed by atoms with E-state index >= 15 is 0 Å². The molecule has 0 spiro atoms. The molecule has 1 unspecified atom stereocenters. The van der Waals surface area contributed by atoms with Crippen molar-refractivity contribution in [3.63, 3.8) is 0 Å². The van der Waals surface area contributed by atoms with Crippen LogP contribution in [0.15, 0.2) is 46.9 Å². The lowest BCUT2D eigenvalue weighted by molar-refractivity contribution is -0.143. The molecule has 0 radical (unpaired) electrons. The molecule has 0 saturated carbocycles. The molecule has 31 heavy (non-hydrogen) atoms. The Bertz CT molecular complexity index is 881. The van der Waals surface area contributed by atoms with Crippen LogP contribution in [0.3, 0.4) is 0 Å². The minimum Gasteiger partial charge on any atom is -0.484 e. The number of rotatable bonds is 10. The topological polar surface area (TPSA) is 58.6 Å². The number of ether oxygens (including phenoxy) is 1. The molecule has 6 heteroatoms. The number of benzene rings is 2. The minimum atomic E-state index is -0.553. The summed E-state index contributed by atoms with van der Waals surface area (Å²) in [4.78, 5) is 27.7. The molecular weight excluding hydrogens is 456 g/mol. The first-order valence-electron chi connectivity index (χ1n) is 10.7. The maximum atomic E-state index is 13.2. The highest BCUT2D eigenvalue weighted by Gasteiger charge is 2.29. The van der Waals surface area contributed by atoms with E-state index in [2.05, 4.69) is 21.2 Å². The van der Waals surface area contributed by atoms with Gasteiger partial charge in [-0.05, 0) is 55.5 Å². The molecule has 2 aromatic rings. The van der Waals surface area contributed by atoms with Gasteiger partial charge in [0.25, 0.3) is 5.91 Å². The highest BCUT2D eigenvalue weighted by molar-refractivity contribution is 9.10. The van der Waals surface area contributed by atoms with Gasteiger partial charge in [-0.15, -0.1) is 0 Å². The fraction of sp³-hybridized carbons (Fsp3) is 0.440. The van der Waals surface area contributed by atoms with Crippen molar-refractivity contribution in [1.29, 1.82) is 0 Å². The molecule has 0 saturated heterocycles. The first-order chi connectivity index (χ1) is 14.7. The molecular formula is C25H33BrN2O3. The molecule has 0 aliphatic rings. The summed E-state index contributed by atoms with van der Waals surface area (Å²) in [6, 6.07) is 13.1. The number of halogens is 1. The Kier molecular flexibility index (Phi) is 9.56. The number of nitrogens with zero attached hydrogens (tertiary/aromatic N) is 1. The number of hydrogen-bond acceptors (Lipinski definition) is 3. The summed E-state index contributed by atoms with van der Waals surface area (Å²) >= 11 is 3.47. The maximum absolute atomic E-state index is 13.2. The van der Waals surface area contributed by atoms with Crippen molar-refractivity contribution in [2.24, 2.45) is 5.92 Å². The van der Waals surface area contributed by atoms with Crippen molar-refractivity contribution in [2.75, 3.05) is 13.2 Å². The van der Waals surface area contributed by atoms with E-state index in [9.17, 15) is 9.59 Å². The average Bonchev–Trinajstić information content (AvgIpc) is 2.74. The second-order valence-electron chi connectivity index (χ2n) is 8.27. The zero-order valence-corrected chi connectivity index (χ0v) is 20.7. The minimum absolute atomic E-state index is 0.124. The molecule has 2 rings (SSSR count). The van der Waals surface area contributed by atoms with Gasteiger partial charge in [-0.3, -0.25) is 9.59 Å². The van der Waals surface area contributed by atoms with Crippen LogP contribution in [0.4, 0.5) is 0 Å². The Balaban J connectivity index is 2.19. The SMILES string of the molecule is CCC(C(=O)NCC(C)C)N(Cc1ccc(C)cc1)C(=O)COc1ccc(Br)c(C)c1. The number of hydrogen-bond donors (Lipinski definition) is 1. The van der Waals surface area contributed by atoms with E-state index in [1.165, 1.54) is 0 Å². The first-order valence-corrected chi connectivity index (χ1v) is 11.5. The van der Waals surface area contributed by atoms with Crippen LogP contribution in [-0.2, 0) is 16.1 Å². The van der Waals surface area contributed by atoms with Crippen LogP contribution in [-0.4, -0.2) is 35.9 Å². The smallest absolute Gasteiger partial charge is 0.261 e. The van der Waals surface area contributed by atoms with Gasteiger partial charge in [0.1, 0.15) is 11.8 Å². The van der Waals surface area contributed by atoms with E-state index in [0.717, 1.165) is 21.2 Å². The number of nitrogens with one attached hydrogen (secondary N) is 1. The van der Waals surface area contributed by atoms with E-state index in [4.69, 9.17) is 4.74 Å². The molecule has 1 N–H and O–H groups in total. The van der Waals surface area contributed by atoms with Crippen LogP contribution >= 0.6 is 15.9 Å². The van der Waals surface area contributed by atoms with Gasteiger partial charge in [0.05, 0.1) is 0 Å². The molecule has 1 atom stereocenters. The van der Waals surface area contributed by atoms with Gasteiger partial charge in [-0.2, -0.15) is 0 Å². The summed E-state index contributed by atoms with van der Waals surface area (Å²) in [6.07, 6.45) is 0.527. The quantitative estimate of drug-likeness (QED) is 0.510. The van der Waals surface area contributed by atoms with Crippen LogP contribution in [0.2, 0.25) is 0 Å². The van der Waals surface area contributed by atoms with E-state index in [0.29, 0.717) is 31.2 Å². The third-order valence-electron chi connectivity index (χ3n) is 5.04. The van der Waals surface area contributed by atoms with Crippen molar-refractivity contribution in [3.8, 4) is 5.75 Å². The van der Waals surface area contributed by atoms with Gasteiger partial charge >= 0.3 is 0 Å². The Morgan fingerprint density at radius 1 is 1.10 bits per heavy atom. The lowest BCUT2D eigenvalue weighted by Crippen LogP contribution is -2.50. The van der Waals surface area contributed by atoms with Crippen molar-refractivity contribution in [3.05, 3.63) is 63.6 Å². The fourth-order valence-electron chi connectivity index (χ4n) is 3.17. The monoisotopic (exact) mass is 488 g/mol. The molecule has 0 fully saturated rings. The van der Waals surface area contributed by atoms with Crippen LogP contribution in [0, 0.1) is 19.8 Å². The predicted molar refractivity (Wildman–Crippen MR) is 128 cm³/mol.